The largest absolute Gasteiger partial charge is 0.416 e. The van der Waals surface area contributed by atoms with E-state index in [9.17, 15) is 22.8 Å². The fourth-order valence-electron chi connectivity index (χ4n) is 2.90. The van der Waals surface area contributed by atoms with Crippen molar-refractivity contribution in [2.75, 3.05) is 12.4 Å². The van der Waals surface area contributed by atoms with Gasteiger partial charge in [0.05, 0.1) is 23.1 Å². The predicted octanol–water partition coefficient (Wildman–Crippen LogP) is 3.97. The van der Waals surface area contributed by atoms with Gasteiger partial charge in [-0.1, -0.05) is 24.3 Å². The van der Waals surface area contributed by atoms with Crippen LogP contribution in [0.1, 0.15) is 23.1 Å². The number of alkyl halides is 3. The van der Waals surface area contributed by atoms with Gasteiger partial charge in [-0.3, -0.25) is 9.59 Å². The van der Waals surface area contributed by atoms with E-state index >= 15 is 0 Å². The van der Waals surface area contributed by atoms with Crippen LogP contribution in [0.2, 0.25) is 0 Å². The number of benzene rings is 2. The Morgan fingerprint density at radius 2 is 1.97 bits per heavy atom. The van der Waals surface area contributed by atoms with Gasteiger partial charge in [0.25, 0.3) is 0 Å². The Bertz CT molecular complexity index is 918. The monoisotopic (exact) mass is 424 g/mol. The number of thioether (sulfide) groups is 1. The fourth-order valence-corrected chi connectivity index (χ4v) is 3.99. The molecule has 0 bridgehead atoms. The van der Waals surface area contributed by atoms with Gasteiger partial charge in [-0.2, -0.15) is 13.2 Å². The number of halogens is 3. The number of methoxy groups -OCH3 is 1. The van der Waals surface area contributed by atoms with E-state index in [2.05, 4.69) is 10.6 Å². The lowest BCUT2D eigenvalue weighted by Crippen LogP contribution is -2.34. The summed E-state index contributed by atoms with van der Waals surface area (Å²) in [6.45, 7) is 0.775. The Morgan fingerprint density at radius 1 is 1.21 bits per heavy atom. The first-order chi connectivity index (χ1) is 13.8. The van der Waals surface area contributed by atoms with Gasteiger partial charge in [-0.25, -0.2) is 0 Å². The normalized spacial score (nSPS) is 16.1. The van der Waals surface area contributed by atoms with E-state index in [1.807, 2.05) is 24.3 Å². The molecule has 0 saturated carbocycles. The van der Waals surface area contributed by atoms with Gasteiger partial charge in [0.2, 0.25) is 11.8 Å². The molecule has 29 heavy (non-hydrogen) atoms. The van der Waals surface area contributed by atoms with Crippen molar-refractivity contribution < 1.29 is 27.5 Å². The third kappa shape index (κ3) is 5.51. The SMILES string of the molecule is COCc1cccc(CNC(=O)CC2Sc3ccc(C(F)(F)F)cc3NC2=O)c1. The molecule has 2 aromatic carbocycles. The number of rotatable bonds is 6. The molecule has 1 heterocycles. The van der Waals surface area contributed by atoms with E-state index in [1.165, 1.54) is 6.07 Å². The maximum Gasteiger partial charge on any atom is 0.416 e. The minimum atomic E-state index is -4.48. The van der Waals surface area contributed by atoms with E-state index < -0.39 is 22.9 Å². The molecule has 2 N–H and O–H groups in total. The number of ether oxygens (including phenoxy) is 1. The van der Waals surface area contributed by atoms with Crippen molar-refractivity contribution in [3.05, 3.63) is 59.2 Å². The smallest absolute Gasteiger partial charge is 0.380 e. The Hall–Kier alpha value is -2.52. The van der Waals surface area contributed by atoms with Crippen molar-refractivity contribution in [2.45, 2.75) is 35.9 Å². The Balaban J connectivity index is 1.59. The summed E-state index contributed by atoms with van der Waals surface area (Å²) in [6, 6.07) is 10.8. The first-order valence-electron chi connectivity index (χ1n) is 8.78. The summed E-state index contributed by atoms with van der Waals surface area (Å²) < 4.78 is 43.5. The van der Waals surface area contributed by atoms with Gasteiger partial charge >= 0.3 is 6.18 Å². The first kappa shape index (κ1) is 21.2. The number of carbonyl (C=O) groups excluding carboxylic acids is 2. The van der Waals surface area contributed by atoms with Gasteiger partial charge in [-0.15, -0.1) is 11.8 Å². The number of amides is 2. The van der Waals surface area contributed by atoms with Crippen LogP contribution in [0.3, 0.4) is 0 Å². The van der Waals surface area contributed by atoms with Crippen LogP contribution >= 0.6 is 11.8 Å². The van der Waals surface area contributed by atoms with Crippen LogP contribution in [0.5, 0.6) is 0 Å². The fraction of sp³-hybridized carbons (Fsp3) is 0.300. The van der Waals surface area contributed by atoms with Gasteiger partial charge in [0.1, 0.15) is 0 Å². The molecule has 2 aromatic rings. The molecule has 0 aromatic heterocycles. The second kappa shape index (κ2) is 8.87. The minimum Gasteiger partial charge on any atom is -0.380 e. The molecule has 0 aliphatic carbocycles. The van der Waals surface area contributed by atoms with Gasteiger partial charge in [0, 0.05) is 25.0 Å². The quantitative estimate of drug-likeness (QED) is 0.737. The molecule has 154 valence electrons. The number of fused-ring (bicyclic) bond motifs is 1. The highest BCUT2D eigenvalue weighted by molar-refractivity contribution is 8.01. The summed E-state index contributed by atoms with van der Waals surface area (Å²) in [4.78, 5) is 25.0. The molecule has 5 nitrogen and oxygen atoms in total. The Morgan fingerprint density at radius 3 is 2.69 bits per heavy atom. The highest BCUT2D eigenvalue weighted by Crippen LogP contribution is 2.40. The average molecular weight is 424 g/mol. The highest BCUT2D eigenvalue weighted by atomic mass is 32.2. The lowest BCUT2D eigenvalue weighted by Gasteiger charge is -2.24. The van der Waals surface area contributed by atoms with Crippen molar-refractivity contribution in [2.24, 2.45) is 0 Å². The van der Waals surface area contributed by atoms with Crippen molar-refractivity contribution in [1.29, 1.82) is 0 Å². The van der Waals surface area contributed by atoms with Crippen molar-refractivity contribution >= 4 is 29.3 Å². The summed E-state index contributed by atoms with van der Waals surface area (Å²) in [6.07, 6.45) is -4.56. The predicted molar refractivity (Wildman–Crippen MR) is 103 cm³/mol. The zero-order chi connectivity index (χ0) is 21.0. The topological polar surface area (TPSA) is 67.4 Å². The van der Waals surface area contributed by atoms with Crippen LogP contribution in [0.15, 0.2) is 47.4 Å². The Kier molecular flexibility index (Phi) is 6.49. The molecule has 0 fully saturated rings. The lowest BCUT2D eigenvalue weighted by molar-refractivity contribution is -0.137. The van der Waals surface area contributed by atoms with Crippen LogP contribution in [0.4, 0.5) is 18.9 Å². The summed E-state index contributed by atoms with van der Waals surface area (Å²) in [5.74, 6) is -0.802. The van der Waals surface area contributed by atoms with Crippen LogP contribution in [-0.4, -0.2) is 24.2 Å². The van der Waals surface area contributed by atoms with Crippen LogP contribution in [0.25, 0.3) is 0 Å². The van der Waals surface area contributed by atoms with Gasteiger partial charge in [-0.05, 0) is 29.3 Å². The minimum absolute atomic E-state index is 0.0747. The summed E-state index contributed by atoms with van der Waals surface area (Å²) >= 11 is 1.09. The second-order valence-electron chi connectivity index (χ2n) is 6.54. The first-order valence-corrected chi connectivity index (χ1v) is 9.66. The molecule has 1 aliphatic rings. The summed E-state index contributed by atoms with van der Waals surface area (Å²) in [5, 5.41) is 4.53. The van der Waals surface area contributed by atoms with Crippen molar-refractivity contribution in [1.82, 2.24) is 5.32 Å². The van der Waals surface area contributed by atoms with E-state index in [-0.39, 0.29) is 18.0 Å². The van der Waals surface area contributed by atoms with E-state index in [0.717, 1.165) is 35.0 Å². The van der Waals surface area contributed by atoms with Crippen LogP contribution < -0.4 is 10.6 Å². The number of carbonyl (C=O) groups is 2. The molecule has 2 amide bonds. The number of hydrogen-bond donors (Lipinski definition) is 2. The molecule has 1 atom stereocenters. The standard InChI is InChI=1S/C20H19F3N2O3S/c1-28-11-13-4-2-3-12(7-13)10-24-18(26)9-17-19(27)25-15-8-14(20(21,22)23)5-6-16(15)29-17/h2-8,17H,9-11H2,1H3,(H,24,26)(H,25,27). The van der Waals surface area contributed by atoms with Crippen molar-refractivity contribution in [3.8, 4) is 0 Å². The molecular weight excluding hydrogens is 405 g/mol. The molecule has 9 heteroatoms. The highest BCUT2D eigenvalue weighted by Gasteiger charge is 2.34. The van der Waals surface area contributed by atoms with Crippen LogP contribution in [0, 0.1) is 0 Å². The molecule has 3 rings (SSSR count). The Labute approximate surface area is 170 Å². The maximum absolute atomic E-state index is 12.8. The molecule has 0 saturated heterocycles. The third-order valence-electron chi connectivity index (χ3n) is 4.29. The lowest BCUT2D eigenvalue weighted by atomic mass is 10.1. The van der Waals surface area contributed by atoms with Crippen LogP contribution in [-0.2, 0) is 33.7 Å². The van der Waals surface area contributed by atoms with Gasteiger partial charge in [0.15, 0.2) is 0 Å². The molecule has 1 unspecified atom stereocenters. The summed E-state index contributed by atoms with van der Waals surface area (Å²) in [7, 11) is 1.60. The average Bonchev–Trinajstić information content (AvgIpc) is 2.66. The van der Waals surface area contributed by atoms with E-state index in [0.29, 0.717) is 18.0 Å². The maximum atomic E-state index is 12.8. The number of hydrogen-bond acceptors (Lipinski definition) is 4. The van der Waals surface area contributed by atoms with Crippen molar-refractivity contribution in [3.63, 3.8) is 0 Å². The molecule has 1 aliphatic heterocycles. The van der Waals surface area contributed by atoms with E-state index in [1.54, 1.807) is 7.11 Å². The zero-order valence-electron chi connectivity index (χ0n) is 15.5. The number of anilines is 1. The van der Waals surface area contributed by atoms with Gasteiger partial charge < -0.3 is 15.4 Å². The molecule has 0 radical (unpaired) electrons. The zero-order valence-corrected chi connectivity index (χ0v) is 16.3. The molecule has 0 spiro atoms. The summed E-state index contributed by atoms with van der Waals surface area (Å²) in [5.41, 5.74) is 1.17. The van der Waals surface area contributed by atoms with E-state index in [4.69, 9.17) is 4.74 Å². The molecular formula is C20H19F3N2O3S. The third-order valence-corrected chi connectivity index (χ3v) is 5.56. The second-order valence-corrected chi connectivity index (χ2v) is 7.78. The number of nitrogens with one attached hydrogen (secondary N) is 2.